The maximum atomic E-state index is 12.9. The van der Waals surface area contributed by atoms with Crippen LogP contribution in [0.5, 0.6) is 0 Å². The molecule has 0 amide bonds. The van der Waals surface area contributed by atoms with Crippen LogP contribution in [0, 0.1) is 18.3 Å². The first-order chi connectivity index (χ1) is 11.6. The van der Waals surface area contributed by atoms with E-state index in [1.54, 1.807) is 19.2 Å². The second-order valence-corrected chi connectivity index (χ2v) is 5.33. The summed E-state index contributed by atoms with van der Waals surface area (Å²) in [5.74, 6) is 1.33. The molecule has 0 bridgehead atoms. The van der Waals surface area contributed by atoms with Crippen molar-refractivity contribution in [2.45, 2.75) is 13.3 Å². The van der Waals surface area contributed by atoms with E-state index in [1.165, 1.54) is 6.07 Å². The average molecular weight is 331 g/mol. The van der Waals surface area contributed by atoms with Gasteiger partial charge >= 0.3 is 0 Å². The Morgan fingerprint density at radius 3 is 2.50 bits per heavy atom. The Labute approximate surface area is 137 Å². The van der Waals surface area contributed by atoms with Gasteiger partial charge < -0.3 is 9.80 Å². The molecule has 1 fully saturated rings. The van der Waals surface area contributed by atoms with Gasteiger partial charge in [-0.3, -0.25) is 0 Å². The van der Waals surface area contributed by atoms with Crippen molar-refractivity contribution in [1.82, 2.24) is 19.9 Å². The van der Waals surface area contributed by atoms with Crippen LogP contribution in [0.3, 0.4) is 0 Å². The molecule has 0 unspecified atom stereocenters. The third-order valence-electron chi connectivity index (χ3n) is 3.71. The highest BCUT2D eigenvalue weighted by atomic mass is 19.3. The quantitative estimate of drug-likeness (QED) is 0.847. The fourth-order valence-electron chi connectivity index (χ4n) is 2.55. The van der Waals surface area contributed by atoms with Crippen LogP contribution in [0.15, 0.2) is 18.3 Å². The topological polar surface area (TPSA) is 81.8 Å². The normalized spacial score (nSPS) is 14.8. The molecule has 1 saturated heterocycles. The van der Waals surface area contributed by atoms with Gasteiger partial charge in [0.05, 0.1) is 0 Å². The molecule has 3 rings (SSSR count). The van der Waals surface area contributed by atoms with Crippen LogP contribution < -0.4 is 9.80 Å². The van der Waals surface area contributed by atoms with E-state index in [-0.39, 0.29) is 5.69 Å². The average Bonchev–Trinajstić information content (AvgIpc) is 2.61. The highest BCUT2D eigenvalue weighted by molar-refractivity contribution is 5.44. The molecule has 2 aromatic rings. The van der Waals surface area contributed by atoms with Gasteiger partial charge in [-0.1, -0.05) is 0 Å². The van der Waals surface area contributed by atoms with Gasteiger partial charge in [-0.25, -0.2) is 28.7 Å². The molecule has 124 valence electrons. The maximum Gasteiger partial charge on any atom is 0.280 e. The molecule has 0 radical (unpaired) electrons. The summed E-state index contributed by atoms with van der Waals surface area (Å²) in [6.45, 7) is 4.02. The molecule has 9 heteroatoms. The summed E-state index contributed by atoms with van der Waals surface area (Å²) < 4.78 is 25.8. The monoisotopic (exact) mass is 331 g/mol. The molecule has 3 heterocycles. The molecule has 2 aromatic heterocycles. The third kappa shape index (κ3) is 3.37. The number of nitriles is 1. The van der Waals surface area contributed by atoms with Gasteiger partial charge in [-0.2, -0.15) is 5.26 Å². The summed E-state index contributed by atoms with van der Waals surface area (Å²) in [6.07, 6.45) is -1.07. The summed E-state index contributed by atoms with van der Waals surface area (Å²) in [5.41, 5.74) is 0.0559. The van der Waals surface area contributed by atoms with Crippen molar-refractivity contribution in [3.63, 3.8) is 0 Å². The molecule has 0 saturated carbocycles. The number of hydrogen-bond donors (Lipinski definition) is 0. The van der Waals surface area contributed by atoms with Gasteiger partial charge in [0.25, 0.3) is 6.43 Å². The highest BCUT2D eigenvalue weighted by Gasteiger charge is 2.22. The lowest BCUT2D eigenvalue weighted by atomic mass is 10.3. The number of halogens is 2. The SMILES string of the molecule is Cc1nc(C(F)F)cc(N2CCN(c3nccc(C#N)n3)CC2)n1. The van der Waals surface area contributed by atoms with E-state index in [0.717, 1.165) is 0 Å². The van der Waals surface area contributed by atoms with E-state index in [1.807, 2.05) is 15.9 Å². The van der Waals surface area contributed by atoms with E-state index in [0.29, 0.717) is 49.5 Å². The lowest BCUT2D eigenvalue weighted by Crippen LogP contribution is -2.47. The van der Waals surface area contributed by atoms with Gasteiger partial charge in [0.1, 0.15) is 29.1 Å². The van der Waals surface area contributed by atoms with Gasteiger partial charge in [0.15, 0.2) is 0 Å². The fraction of sp³-hybridized carbons (Fsp3) is 0.400. The van der Waals surface area contributed by atoms with Crippen molar-refractivity contribution < 1.29 is 8.78 Å². The van der Waals surface area contributed by atoms with E-state index >= 15 is 0 Å². The van der Waals surface area contributed by atoms with Gasteiger partial charge in [-0.05, 0) is 13.0 Å². The maximum absolute atomic E-state index is 12.9. The molecular weight excluding hydrogens is 316 g/mol. The van der Waals surface area contributed by atoms with Crippen LogP contribution >= 0.6 is 0 Å². The second-order valence-electron chi connectivity index (χ2n) is 5.33. The number of alkyl halides is 2. The molecule has 0 N–H and O–H groups in total. The number of piperazine rings is 1. The first-order valence-electron chi connectivity index (χ1n) is 7.43. The second kappa shape index (κ2) is 6.70. The lowest BCUT2D eigenvalue weighted by Gasteiger charge is -2.35. The van der Waals surface area contributed by atoms with E-state index < -0.39 is 6.43 Å². The van der Waals surface area contributed by atoms with Crippen molar-refractivity contribution in [1.29, 1.82) is 5.26 Å². The Balaban J connectivity index is 1.72. The predicted octanol–water partition coefficient (Wildman–Crippen LogP) is 1.71. The van der Waals surface area contributed by atoms with Crippen molar-refractivity contribution in [3.8, 4) is 6.07 Å². The Morgan fingerprint density at radius 2 is 1.83 bits per heavy atom. The number of aryl methyl sites for hydroxylation is 1. The van der Waals surface area contributed by atoms with E-state index in [2.05, 4.69) is 19.9 Å². The molecule has 7 nitrogen and oxygen atoms in total. The summed E-state index contributed by atoms with van der Waals surface area (Å²) in [4.78, 5) is 20.3. The van der Waals surface area contributed by atoms with Crippen LogP contribution in [-0.4, -0.2) is 46.1 Å². The zero-order chi connectivity index (χ0) is 17.1. The van der Waals surface area contributed by atoms with Crippen molar-refractivity contribution in [2.75, 3.05) is 36.0 Å². The third-order valence-corrected chi connectivity index (χ3v) is 3.71. The predicted molar refractivity (Wildman–Crippen MR) is 82.9 cm³/mol. The van der Waals surface area contributed by atoms with Crippen LogP contribution in [0.4, 0.5) is 20.5 Å². The smallest absolute Gasteiger partial charge is 0.280 e. The Bertz CT molecular complexity index is 767. The van der Waals surface area contributed by atoms with Crippen LogP contribution in [0.2, 0.25) is 0 Å². The molecule has 24 heavy (non-hydrogen) atoms. The molecule has 1 aliphatic rings. The largest absolute Gasteiger partial charge is 0.353 e. The molecule has 0 atom stereocenters. The summed E-state index contributed by atoms with van der Waals surface area (Å²) in [7, 11) is 0. The number of nitrogens with zero attached hydrogens (tertiary/aromatic N) is 7. The first-order valence-corrected chi connectivity index (χ1v) is 7.43. The lowest BCUT2D eigenvalue weighted by molar-refractivity contribution is 0.145. The Kier molecular flexibility index (Phi) is 4.46. The Morgan fingerprint density at radius 1 is 1.12 bits per heavy atom. The standard InChI is InChI=1S/C15H15F2N7/c1-10-20-12(14(16)17)8-13(21-10)23-4-6-24(7-5-23)15-19-3-2-11(9-18)22-15/h2-3,8,14H,4-7H2,1H3. The van der Waals surface area contributed by atoms with Crippen molar-refractivity contribution in [2.24, 2.45) is 0 Å². The molecule has 1 aliphatic heterocycles. The highest BCUT2D eigenvalue weighted by Crippen LogP contribution is 2.22. The number of anilines is 2. The zero-order valence-corrected chi connectivity index (χ0v) is 13.0. The zero-order valence-electron chi connectivity index (χ0n) is 13.0. The molecular formula is C15H15F2N7. The number of hydrogen-bond acceptors (Lipinski definition) is 7. The van der Waals surface area contributed by atoms with Gasteiger partial charge in [0, 0.05) is 38.4 Å². The summed E-state index contributed by atoms with van der Waals surface area (Å²) >= 11 is 0. The van der Waals surface area contributed by atoms with Crippen LogP contribution in [0.25, 0.3) is 0 Å². The summed E-state index contributed by atoms with van der Waals surface area (Å²) in [6, 6.07) is 4.87. The number of rotatable bonds is 3. The molecule has 0 spiro atoms. The van der Waals surface area contributed by atoms with Crippen molar-refractivity contribution in [3.05, 3.63) is 35.5 Å². The minimum absolute atomic E-state index is 0.259. The van der Waals surface area contributed by atoms with Crippen LogP contribution in [-0.2, 0) is 0 Å². The fourth-order valence-corrected chi connectivity index (χ4v) is 2.55. The van der Waals surface area contributed by atoms with Gasteiger partial charge in [-0.15, -0.1) is 0 Å². The molecule has 0 aliphatic carbocycles. The van der Waals surface area contributed by atoms with Crippen LogP contribution in [0.1, 0.15) is 23.6 Å². The van der Waals surface area contributed by atoms with Gasteiger partial charge in [0.2, 0.25) is 5.95 Å². The van der Waals surface area contributed by atoms with E-state index in [9.17, 15) is 8.78 Å². The number of aromatic nitrogens is 4. The minimum Gasteiger partial charge on any atom is -0.353 e. The minimum atomic E-state index is -2.62. The van der Waals surface area contributed by atoms with E-state index in [4.69, 9.17) is 5.26 Å². The van der Waals surface area contributed by atoms with Crippen molar-refractivity contribution >= 4 is 11.8 Å². The Hall–Kier alpha value is -2.89. The molecule has 0 aromatic carbocycles. The first kappa shape index (κ1) is 16.0. The summed E-state index contributed by atoms with van der Waals surface area (Å²) in [5, 5.41) is 8.91.